The predicted molar refractivity (Wildman–Crippen MR) is 66.5 cm³/mol. The smallest absolute Gasteiger partial charge is 0.290 e. The fraction of sp³-hybridized carbons (Fsp3) is 0.500. The van der Waals surface area contributed by atoms with Crippen LogP contribution in [0.25, 0.3) is 0 Å². The Kier molecular flexibility index (Phi) is 3.86. The van der Waals surface area contributed by atoms with Crippen LogP contribution in [0.5, 0.6) is 0 Å². The van der Waals surface area contributed by atoms with Gasteiger partial charge in [-0.2, -0.15) is 5.26 Å². The zero-order valence-electron chi connectivity index (χ0n) is 10.8. The van der Waals surface area contributed by atoms with Crippen molar-refractivity contribution in [1.82, 2.24) is 4.57 Å². The minimum atomic E-state index is -0.547. The third-order valence-electron chi connectivity index (χ3n) is 2.70. The van der Waals surface area contributed by atoms with Gasteiger partial charge in [-0.05, 0) is 19.8 Å². The van der Waals surface area contributed by atoms with Gasteiger partial charge in [0.05, 0.1) is 16.7 Å². The van der Waals surface area contributed by atoms with Crippen LogP contribution in [-0.4, -0.2) is 9.49 Å². The molecule has 0 aliphatic rings. The van der Waals surface area contributed by atoms with E-state index < -0.39 is 10.5 Å². The Hall–Kier alpha value is -2.16. The lowest BCUT2D eigenvalue weighted by molar-refractivity contribution is -0.386. The number of pyridine rings is 1. The first kappa shape index (κ1) is 13.9. The summed E-state index contributed by atoms with van der Waals surface area (Å²) in [5.41, 5.74) is -0.561. The van der Waals surface area contributed by atoms with E-state index >= 15 is 0 Å². The van der Waals surface area contributed by atoms with E-state index in [2.05, 4.69) is 0 Å². The normalized spacial score (nSPS) is 10.7. The molecule has 1 aromatic rings. The topological polar surface area (TPSA) is 88.9 Å². The van der Waals surface area contributed by atoms with E-state index in [-0.39, 0.29) is 28.8 Å². The highest BCUT2D eigenvalue weighted by Crippen LogP contribution is 2.28. The molecule has 0 radical (unpaired) electrons. The maximum absolute atomic E-state index is 12.1. The van der Waals surface area contributed by atoms with Crippen LogP contribution in [0.3, 0.4) is 0 Å². The van der Waals surface area contributed by atoms with Crippen molar-refractivity contribution in [2.75, 3.05) is 0 Å². The van der Waals surface area contributed by atoms with Crippen LogP contribution in [0, 0.1) is 21.4 Å². The average Bonchev–Trinajstić information content (AvgIpc) is 2.26. The highest BCUT2D eigenvalue weighted by Gasteiger charge is 2.25. The van der Waals surface area contributed by atoms with Crippen LogP contribution in [0.4, 0.5) is 5.69 Å². The molecular weight excluding hydrogens is 234 g/mol. The number of rotatable bonds is 3. The number of nitrogens with zero attached hydrogens (tertiary/aromatic N) is 3. The SMILES string of the molecule is CC(C)c1c([N+](=O)[O-])cn(C(C)C)c(=O)c1C#N. The maximum Gasteiger partial charge on any atom is 0.290 e. The van der Waals surface area contributed by atoms with Gasteiger partial charge in [0.25, 0.3) is 11.2 Å². The molecule has 6 heteroatoms. The first-order valence-electron chi connectivity index (χ1n) is 5.64. The molecule has 0 aliphatic carbocycles. The van der Waals surface area contributed by atoms with Gasteiger partial charge in [-0.25, -0.2) is 0 Å². The Morgan fingerprint density at radius 3 is 2.28 bits per heavy atom. The van der Waals surface area contributed by atoms with Crippen LogP contribution in [0.1, 0.15) is 50.8 Å². The quantitative estimate of drug-likeness (QED) is 0.607. The van der Waals surface area contributed by atoms with E-state index in [1.807, 2.05) is 0 Å². The van der Waals surface area contributed by atoms with E-state index in [1.54, 1.807) is 33.8 Å². The molecule has 1 rings (SSSR count). The second-order valence-electron chi connectivity index (χ2n) is 4.63. The predicted octanol–water partition coefficient (Wildman–Crippen LogP) is 2.33. The van der Waals surface area contributed by atoms with Gasteiger partial charge in [-0.1, -0.05) is 13.8 Å². The number of aromatic nitrogens is 1. The van der Waals surface area contributed by atoms with Gasteiger partial charge in [0.2, 0.25) is 0 Å². The van der Waals surface area contributed by atoms with Crippen LogP contribution >= 0.6 is 0 Å². The van der Waals surface area contributed by atoms with Crippen molar-refractivity contribution in [1.29, 1.82) is 5.26 Å². The van der Waals surface area contributed by atoms with Crippen molar-refractivity contribution >= 4 is 5.69 Å². The summed E-state index contributed by atoms with van der Waals surface area (Å²) in [5.74, 6) is -0.255. The molecule has 0 fully saturated rings. The minimum absolute atomic E-state index is 0.132. The van der Waals surface area contributed by atoms with Crippen LogP contribution in [-0.2, 0) is 0 Å². The molecule has 0 aromatic carbocycles. The van der Waals surface area contributed by atoms with Gasteiger partial charge < -0.3 is 4.57 Å². The molecule has 0 bridgehead atoms. The molecular formula is C12H15N3O3. The van der Waals surface area contributed by atoms with Crippen molar-refractivity contribution in [2.45, 2.75) is 39.7 Å². The summed E-state index contributed by atoms with van der Waals surface area (Å²) in [6.07, 6.45) is 1.23. The Balaban J connectivity index is 3.83. The van der Waals surface area contributed by atoms with Gasteiger partial charge in [-0.3, -0.25) is 14.9 Å². The molecule has 0 unspecified atom stereocenters. The lowest BCUT2D eigenvalue weighted by Gasteiger charge is -2.14. The monoisotopic (exact) mass is 249 g/mol. The molecule has 6 nitrogen and oxygen atoms in total. The summed E-state index contributed by atoms with van der Waals surface area (Å²) in [6.45, 7) is 6.92. The van der Waals surface area contributed by atoms with Crippen molar-refractivity contribution in [3.8, 4) is 6.07 Å². The van der Waals surface area contributed by atoms with Crippen molar-refractivity contribution in [3.05, 3.63) is 37.8 Å². The van der Waals surface area contributed by atoms with E-state index in [9.17, 15) is 14.9 Å². The Bertz CT molecular complexity index is 579. The molecule has 96 valence electrons. The first-order chi connectivity index (χ1) is 8.31. The molecule has 18 heavy (non-hydrogen) atoms. The highest BCUT2D eigenvalue weighted by molar-refractivity contribution is 5.50. The van der Waals surface area contributed by atoms with Gasteiger partial charge in [-0.15, -0.1) is 0 Å². The van der Waals surface area contributed by atoms with Crippen molar-refractivity contribution in [2.24, 2.45) is 0 Å². The summed E-state index contributed by atoms with van der Waals surface area (Å²) < 4.78 is 1.22. The van der Waals surface area contributed by atoms with Gasteiger partial charge in [0.1, 0.15) is 11.6 Å². The molecule has 0 saturated heterocycles. The maximum atomic E-state index is 12.1. The van der Waals surface area contributed by atoms with E-state index in [1.165, 1.54) is 10.8 Å². The van der Waals surface area contributed by atoms with Gasteiger partial charge >= 0.3 is 0 Å². The second kappa shape index (κ2) is 5.00. The summed E-state index contributed by atoms with van der Waals surface area (Å²) >= 11 is 0. The van der Waals surface area contributed by atoms with E-state index in [0.717, 1.165) is 0 Å². The average molecular weight is 249 g/mol. The minimum Gasteiger partial charge on any atom is -0.305 e. The third-order valence-corrected chi connectivity index (χ3v) is 2.70. The van der Waals surface area contributed by atoms with Gasteiger partial charge in [0, 0.05) is 6.04 Å². The Morgan fingerprint density at radius 1 is 1.39 bits per heavy atom. The van der Waals surface area contributed by atoms with Crippen LogP contribution in [0.2, 0.25) is 0 Å². The second-order valence-corrected chi connectivity index (χ2v) is 4.63. The summed E-state index contributed by atoms with van der Waals surface area (Å²) in [4.78, 5) is 22.6. The van der Waals surface area contributed by atoms with Crippen molar-refractivity contribution < 1.29 is 4.92 Å². The van der Waals surface area contributed by atoms with E-state index in [4.69, 9.17) is 5.26 Å². The summed E-state index contributed by atoms with van der Waals surface area (Å²) in [6, 6.07) is 1.57. The molecule has 1 aromatic heterocycles. The third kappa shape index (κ3) is 2.25. The fourth-order valence-corrected chi connectivity index (χ4v) is 1.85. The van der Waals surface area contributed by atoms with Crippen LogP contribution < -0.4 is 5.56 Å². The molecule has 0 spiro atoms. The molecule has 0 N–H and O–H groups in total. The summed E-state index contributed by atoms with van der Waals surface area (Å²) in [7, 11) is 0. The van der Waals surface area contributed by atoms with Crippen molar-refractivity contribution in [3.63, 3.8) is 0 Å². The number of hydrogen-bond acceptors (Lipinski definition) is 4. The van der Waals surface area contributed by atoms with Gasteiger partial charge in [0.15, 0.2) is 0 Å². The Labute approximate surface area is 105 Å². The highest BCUT2D eigenvalue weighted by atomic mass is 16.6. The molecule has 0 amide bonds. The lowest BCUT2D eigenvalue weighted by Crippen LogP contribution is -2.26. The largest absolute Gasteiger partial charge is 0.305 e. The fourth-order valence-electron chi connectivity index (χ4n) is 1.85. The zero-order valence-corrected chi connectivity index (χ0v) is 10.8. The molecule has 0 atom stereocenters. The molecule has 0 aliphatic heterocycles. The molecule has 1 heterocycles. The van der Waals surface area contributed by atoms with E-state index in [0.29, 0.717) is 0 Å². The zero-order chi connectivity index (χ0) is 14.0. The Morgan fingerprint density at radius 2 is 1.94 bits per heavy atom. The first-order valence-corrected chi connectivity index (χ1v) is 5.64. The van der Waals surface area contributed by atoms with Crippen LogP contribution in [0.15, 0.2) is 11.0 Å². The number of nitro groups is 1. The lowest BCUT2D eigenvalue weighted by atomic mass is 9.97. The standard InChI is InChI=1S/C12H15N3O3/c1-7(2)11-9(5-13)12(16)14(8(3)4)6-10(11)15(17)18/h6-8H,1-4H3. The molecule has 0 saturated carbocycles. The number of hydrogen-bond donors (Lipinski definition) is 0. The number of nitriles is 1. The summed E-state index contributed by atoms with van der Waals surface area (Å²) in [5, 5.41) is 20.1.